The first-order chi connectivity index (χ1) is 16.6. The molecule has 0 aliphatic carbocycles. The van der Waals surface area contributed by atoms with Gasteiger partial charge in [-0.25, -0.2) is 9.59 Å². The Balaban J connectivity index is 2.21. The van der Waals surface area contributed by atoms with Gasteiger partial charge < -0.3 is 35.6 Å². The van der Waals surface area contributed by atoms with E-state index >= 15 is 0 Å². The number of aliphatic carboxylic acids is 3. The van der Waals surface area contributed by atoms with Gasteiger partial charge in [0.05, 0.1) is 27.1 Å². The van der Waals surface area contributed by atoms with Crippen LogP contribution in [0.1, 0.15) is 18.4 Å². The molecule has 11 nitrogen and oxygen atoms in total. The fraction of sp³-hybridized carbons (Fsp3) is 0.238. The van der Waals surface area contributed by atoms with E-state index in [4.69, 9.17) is 14.9 Å². The van der Waals surface area contributed by atoms with E-state index in [1.165, 1.54) is 0 Å². The monoisotopic (exact) mass is 951 g/mol. The van der Waals surface area contributed by atoms with Crippen LogP contribution in [0.5, 0.6) is 17.2 Å². The minimum Gasteiger partial charge on any atom is -0.506 e. The second kappa shape index (κ2) is 13.0. The predicted octanol–water partition coefficient (Wildman–Crippen LogP) is 3.40. The average Bonchev–Trinajstić information content (AvgIpc) is 2.73. The van der Waals surface area contributed by atoms with Gasteiger partial charge in [0.1, 0.15) is 17.5 Å². The highest BCUT2D eigenvalue weighted by atomic mass is 127. The third-order valence-corrected chi connectivity index (χ3v) is 7.88. The van der Waals surface area contributed by atoms with Crippen LogP contribution in [-0.4, -0.2) is 61.0 Å². The van der Waals surface area contributed by atoms with Crippen LogP contribution >= 0.6 is 90.4 Å². The fourth-order valence-corrected chi connectivity index (χ4v) is 6.79. The lowest BCUT2D eigenvalue weighted by Gasteiger charge is -2.22. The summed E-state index contributed by atoms with van der Waals surface area (Å²) >= 11 is 7.99. The van der Waals surface area contributed by atoms with Gasteiger partial charge in [0.25, 0.3) is 0 Å². The number of rotatable bonds is 11. The van der Waals surface area contributed by atoms with Crippen molar-refractivity contribution in [3.05, 3.63) is 44.1 Å². The molecule has 0 spiro atoms. The van der Waals surface area contributed by atoms with Gasteiger partial charge in [-0.15, -0.1) is 0 Å². The number of hydrogen-bond donors (Lipinski definition) is 6. The Morgan fingerprint density at radius 2 is 1.42 bits per heavy atom. The van der Waals surface area contributed by atoms with Crippen molar-refractivity contribution >= 4 is 114 Å². The predicted molar refractivity (Wildman–Crippen MR) is 158 cm³/mol. The number of nitrogens with one attached hydrogen (secondary N) is 1. The number of carbonyl (C=O) groups excluding carboxylic acids is 1. The maximum atomic E-state index is 12.3. The first-order valence-corrected chi connectivity index (χ1v) is 14.0. The van der Waals surface area contributed by atoms with E-state index < -0.39 is 48.3 Å². The van der Waals surface area contributed by atoms with Crippen LogP contribution in [0.3, 0.4) is 0 Å². The number of aliphatic hydroxyl groups is 1. The van der Waals surface area contributed by atoms with Crippen molar-refractivity contribution in [2.24, 2.45) is 0 Å². The van der Waals surface area contributed by atoms with Crippen LogP contribution < -0.4 is 10.1 Å². The van der Waals surface area contributed by atoms with Crippen molar-refractivity contribution in [1.29, 1.82) is 0 Å². The molecule has 6 N–H and O–H groups in total. The van der Waals surface area contributed by atoms with Crippen molar-refractivity contribution in [1.82, 2.24) is 5.32 Å². The minimum absolute atomic E-state index is 0.148. The topological polar surface area (TPSA) is 191 Å². The van der Waals surface area contributed by atoms with Crippen molar-refractivity contribution in [2.75, 3.05) is 0 Å². The highest BCUT2D eigenvalue weighted by Crippen LogP contribution is 2.37. The van der Waals surface area contributed by atoms with Crippen molar-refractivity contribution < 1.29 is 49.4 Å². The van der Waals surface area contributed by atoms with Crippen LogP contribution in [0.25, 0.3) is 0 Å². The van der Waals surface area contributed by atoms with Crippen LogP contribution in [-0.2, 0) is 25.6 Å². The number of carbonyl (C=O) groups is 4. The van der Waals surface area contributed by atoms with E-state index in [1.54, 1.807) is 24.3 Å². The summed E-state index contributed by atoms with van der Waals surface area (Å²) in [5.74, 6) is -4.93. The number of halogens is 4. The Morgan fingerprint density at radius 1 is 0.889 bits per heavy atom. The molecule has 36 heavy (non-hydrogen) atoms. The number of ether oxygens (including phenoxy) is 1. The third-order valence-electron chi connectivity index (χ3n) is 4.64. The Labute approximate surface area is 258 Å². The second-order valence-corrected chi connectivity index (χ2v) is 12.1. The summed E-state index contributed by atoms with van der Waals surface area (Å²) in [6.45, 7) is 0. The summed E-state index contributed by atoms with van der Waals surface area (Å²) in [6, 6.07) is 5.18. The number of phenolic OH excluding ortho intramolecular Hbond substituents is 1. The van der Waals surface area contributed by atoms with Gasteiger partial charge in [0, 0.05) is 6.42 Å². The van der Waals surface area contributed by atoms with Crippen molar-refractivity contribution in [3.63, 3.8) is 0 Å². The molecule has 0 aliphatic rings. The van der Waals surface area contributed by atoms with Gasteiger partial charge in [-0.1, -0.05) is 0 Å². The molecule has 0 heterocycles. The van der Waals surface area contributed by atoms with Gasteiger partial charge >= 0.3 is 17.9 Å². The third kappa shape index (κ3) is 8.41. The van der Waals surface area contributed by atoms with Gasteiger partial charge in [-0.3, -0.25) is 9.59 Å². The summed E-state index contributed by atoms with van der Waals surface area (Å²) < 4.78 is 8.48. The SMILES string of the molecule is O=C(O)CC(O)(CC(=O)NC(Cc1cc(I)c(Oc2cc(I)c(O)c(I)c2)c(I)c1)C(=O)O)C(=O)O. The zero-order valence-corrected chi connectivity index (χ0v) is 26.4. The quantitative estimate of drug-likeness (QED) is 0.182. The van der Waals surface area contributed by atoms with Crippen molar-refractivity contribution in [2.45, 2.75) is 30.9 Å². The van der Waals surface area contributed by atoms with Crippen LogP contribution in [0, 0.1) is 14.3 Å². The summed E-state index contributed by atoms with van der Waals surface area (Å²) in [5, 5.41) is 49.6. The Morgan fingerprint density at radius 3 is 1.86 bits per heavy atom. The molecule has 2 unspecified atom stereocenters. The van der Waals surface area contributed by atoms with Crippen LogP contribution in [0.4, 0.5) is 0 Å². The summed E-state index contributed by atoms with van der Waals surface area (Å²) in [6.07, 6.45) is -2.54. The van der Waals surface area contributed by atoms with E-state index in [-0.39, 0.29) is 12.2 Å². The molecule has 0 bridgehead atoms. The first-order valence-electron chi connectivity index (χ1n) is 9.66. The Kier molecular flexibility index (Phi) is 11.2. The molecule has 0 saturated heterocycles. The molecule has 2 aromatic carbocycles. The minimum atomic E-state index is -2.88. The fourth-order valence-electron chi connectivity index (χ4n) is 2.96. The number of benzene rings is 2. The summed E-state index contributed by atoms with van der Waals surface area (Å²) in [5.41, 5.74) is -2.36. The Hall–Kier alpha value is -1.20. The molecule has 0 fully saturated rings. The molecule has 2 aromatic rings. The zero-order valence-electron chi connectivity index (χ0n) is 17.8. The molecular formula is C21H17I4NO10. The molecule has 0 radical (unpaired) electrons. The zero-order chi connectivity index (χ0) is 27.4. The lowest BCUT2D eigenvalue weighted by Crippen LogP contribution is -2.49. The van der Waals surface area contributed by atoms with Crippen molar-refractivity contribution in [3.8, 4) is 17.2 Å². The molecule has 15 heteroatoms. The number of phenols is 1. The number of carboxylic acid groups (broad SMARTS) is 3. The number of hydrogen-bond acceptors (Lipinski definition) is 7. The maximum Gasteiger partial charge on any atom is 0.336 e. The average molecular weight is 951 g/mol. The van der Waals surface area contributed by atoms with E-state index in [0.29, 0.717) is 31.3 Å². The van der Waals surface area contributed by atoms with Gasteiger partial charge in [-0.2, -0.15) is 0 Å². The molecule has 194 valence electrons. The number of carboxylic acids is 3. The highest BCUT2D eigenvalue weighted by molar-refractivity contribution is 14.1. The normalized spacial score (nSPS) is 13.4. The smallest absolute Gasteiger partial charge is 0.336 e. The van der Waals surface area contributed by atoms with Crippen LogP contribution in [0.2, 0.25) is 0 Å². The molecule has 0 saturated carbocycles. The maximum absolute atomic E-state index is 12.3. The molecule has 2 rings (SSSR count). The van der Waals surface area contributed by atoms with Gasteiger partial charge in [0.2, 0.25) is 5.91 Å². The summed E-state index contributed by atoms with van der Waals surface area (Å²) in [7, 11) is 0. The molecule has 0 aromatic heterocycles. The largest absolute Gasteiger partial charge is 0.506 e. The van der Waals surface area contributed by atoms with Gasteiger partial charge in [-0.05, 0) is 120 Å². The molecular weight excluding hydrogens is 934 g/mol. The van der Waals surface area contributed by atoms with E-state index in [9.17, 15) is 34.5 Å². The lowest BCUT2D eigenvalue weighted by molar-refractivity contribution is -0.167. The van der Waals surface area contributed by atoms with Crippen LogP contribution in [0.15, 0.2) is 24.3 Å². The molecule has 1 amide bonds. The lowest BCUT2D eigenvalue weighted by atomic mass is 9.95. The molecule has 2 atom stereocenters. The molecule has 0 aliphatic heterocycles. The van der Waals surface area contributed by atoms with E-state index in [1.807, 2.05) is 90.4 Å². The standard InChI is InChI=1S/C21H17I4NO10/c22-10-4-9(5-11(23)17(10)30)36-18-12(24)1-8(2-13(18)25)3-14(19(31)32)26-15(27)6-21(35,20(33)34)7-16(28)29/h1-2,4-5,14,30,35H,3,6-7H2,(H,26,27)(H,28,29)(H,31,32)(H,33,34). The number of amides is 1. The Bertz CT molecular complexity index is 1180. The first kappa shape index (κ1) is 31.0. The second-order valence-electron chi connectivity index (χ2n) is 7.47. The number of aromatic hydroxyl groups is 1. The van der Waals surface area contributed by atoms with E-state index in [0.717, 1.165) is 0 Å². The van der Waals surface area contributed by atoms with Gasteiger partial charge in [0.15, 0.2) is 11.4 Å². The van der Waals surface area contributed by atoms with E-state index in [2.05, 4.69) is 5.32 Å². The summed E-state index contributed by atoms with van der Waals surface area (Å²) in [4.78, 5) is 46.1. The highest BCUT2D eigenvalue weighted by Gasteiger charge is 2.41.